The molecule has 0 amide bonds. The molecule has 4 heteroatoms. The van der Waals surface area contributed by atoms with Gasteiger partial charge in [-0.2, -0.15) is 0 Å². The number of fused-ring (bicyclic) bond motifs is 1. The molecule has 1 unspecified atom stereocenters. The van der Waals surface area contributed by atoms with Crippen molar-refractivity contribution in [3.8, 4) is 0 Å². The SMILES string of the molecule is CCOCC1CCN(C)C2(C1)CN(Cc1ccc3ccccc3n1)C2. The number of likely N-dealkylation sites (N-methyl/N-ethyl adjacent to an activating group) is 1. The van der Waals surface area contributed by atoms with Crippen LogP contribution in [0.3, 0.4) is 0 Å². The molecule has 2 aliphatic heterocycles. The second kappa shape index (κ2) is 7.02. The van der Waals surface area contributed by atoms with E-state index < -0.39 is 0 Å². The second-order valence-electron chi connectivity index (χ2n) is 7.80. The van der Waals surface area contributed by atoms with Crippen LogP contribution in [-0.4, -0.2) is 60.2 Å². The molecule has 1 spiro atoms. The van der Waals surface area contributed by atoms with E-state index in [9.17, 15) is 0 Å². The van der Waals surface area contributed by atoms with Crippen LogP contribution in [-0.2, 0) is 11.3 Å². The third-order valence-electron chi connectivity index (χ3n) is 5.99. The summed E-state index contributed by atoms with van der Waals surface area (Å²) in [4.78, 5) is 9.95. The minimum absolute atomic E-state index is 0.358. The van der Waals surface area contributed by atoms with E-state index in [2.05, 4.69) is 60.2 Å². The largest absolute Gasteiger partial charge is 0.381 e. The van der Waals surface area contributed by atoms with Gasteiger partial charge in [0.25, 0.3) is 0 Å². The third kappa shape index (κ3) is 3.43. The molecule has 134 valence electrons. The minimum atomic E-state index is 0.358. The summed E-state index contributed by atoms with van der Waals surface area (Å²) in [5.74, 6) is 0.720. The van der Waals surface area contributed by atoms with Crippen LogP contribution in [0.15, 0.2) is 36.4 Å². The van der Waals surface area contributed by atoms with E-state index in [1.165, 1.54) is 30.5 Å². The van der Waals surface area contributed by atoms with E-state index in [-0.39, 0.29) is 0 Å². The van der Waals surface area contributed by atoms with E-state index in [1.54, 1.807) is 0 Å². The van der Waals surface area contributed by atoms with E-state index in [1.807, 2.05) is 0 Å². The highest BCUT2D eigenvalue weighted by Gasteiger charge is 2.49. The molecule has 2 aromatic rings. The maximum atomic E-state index is 5.69. The van der Waals surface area contributed by atoms with Crippen molar-refractivity contribution < 1.29 is 4.74 Å². The Bertz CT molecular complexity index is 724. The molecule has 2 fully saturated rings. The van der Waals surface area contributed by atoms with Crippen LogP contribution in [0, 0.1) is 5.92 Å². The van der Waals surface area contributed by atoms with E-state index in [0.29, 0.717) is 5.54 Å². The predicted octanol–water partition coefficient (Wildman–Crippen LogP) is 3.17. The lowest BCUT2D eigenvalue weighted by atomic mass is 9.75. The van der Waals surface area contributed by atoms with Gasteiger partial charge in [0.05, 0.1) is 11.2 Å². The van der Waals surface area contributed by atoms with Crippen molar-refractivity contribution in [1.82, 2.24) is 14.8 Å². The Morgan fingerprint density at radius 3 is 2.88 bits per heavy atom. The number of rotatable bonds is 5. The molecule has 1 aromatic heterocycles. The topological polar surface area (TPSA) is 28.6 Å². The number of hydrogen-bond acceptors (Lipinski definition) is 4. The van der Waals surface area contributed by atoms with Gasteiger partial charge in [-0.15, -0.1) is 0 Å². The van der Waals surface area contributed by atoms with Crippen molar-refractivity contribution in [1.29, 1.82) is 0 Å². The molecule has 3 heterocycles. The third-order valence-corrected chi connectivity index (χ3v) is 5.99. The van der Waals surface area contributed by atoms with Crippen LogP contribution in [0.5, 0.6) is 0 Å². The molecule has 0 radical (unpaired) electrons. The summed E-state index contributed by atoms with van der Waals surface area (Å²) in [6.07, 6.45) is 2.54. The maximum absolute atomic E-state index is 5.69. The zero-order valence-electron chi connectivity index (χ0n) is 15.4. The first-order valence-corrected chi connectivity index (χ1v) is 9.54. The van der Waals surface area contributed by atoms with Crippen molar-refractivity contribution in [2.24, 2.45) is 5.92 Å². The molecule has 2 aliphatic rings. The number of para-hydroxylation sites is 1. The highest BCUT2D eigenvalue weighted by atomic mass is 16.5. The molecular weight excluding hydrogens is 310 g/mol. The first-order chi connectivity index (χ1) is 12.2. The molecule has 2 saturated heterocycles. The number of piperidine rings is 1. The molecule has 1 atom stereocenters. The van der Waals surface area contributed by atoms with Crippen molar-refractivity contribution in [2.45, 2.75) is 31.8 Å². The first-order valence-electron chi connectivity index (χ1n) is 9.54. The summed E-state index contributed by atoms with van der Waals surface area (Å²) in [6, 6.07) is 12.7. The quantitative estimate of drug-likeness (QED) is 0.837. The molecule has 0 bridgehead atoms. The highest BCUT2D eigenvalue weighted by molar-refractivity contribution is 5.78. The molecule has 1 aromatic carbocycles. The number of hydrogen-bond donors (Lipinski definition) is 0. The lowest BCUT2D eigenvalue weighted by Crippen LogP contribution is -2.71. The summed E-state index contributed by atoms with van der Waals surface area (Å²) in [5, 5.41) is 1.22. The van der Waals surface area contributed by atoms with Gasteiger partial charge >= 0.3 is 0 Å². The zero-order chi connectivity index (χ0) is 17.3. The fourth-order valence-corrected chi connectivity index (χ4v) is 4.53. The smallest absolute Gasteiger partial charge is 0.0705 e. The second-order valence-corrected chi connectivity index (χ2v) is 7.80. The van der Waals surface area contributed by atoms with Crippen molar-refractivity contribution >= 4 is 10.9 Å². The monoisotopic (exact) mass is 339 g/mol. The Hall–Kier alpha value is -1.49. The molecule has 4 rings (SSSR count). The van der Waals surface area contributed by atoms with Gasteiger partial charge in [0.2, 0.25) is 0 Å². The van der Waals surface area contributed by atoms with Crippen molar-refractivity contribution in [3.63, 3.8) is 0 Å². The van der Waals surface area contributed by atoms with Crippen LogP contribution in [0.2, 0.25) is 0 Å². The summed E-state index contributed by atoms with van der Waals surface area (Å²) in [6.45, 7) is 8.31. The normalized spacial score (nSPS) is 23.8. The number of nitrogens with zero attached hydrogens (tertiary/aromatic N) is 3. The summed E-state index contributed by atoms with van der Waals surface area (Å²) >= 11 is 0. The Labute approximate surface area is 150 Å². The first kappa shape index (κ1) is 17.0. The van der Waals surface area contributed by atoms with Gasteiger partial charge in [0, 0.05) is 43.8 Å². The van der Waals surface area contributed by atoms with E-state index in [0.717, 1.165) is 44.3 Å². The van der Waals surface area contributed by atoms with Gasteiger partial charge in [-0.25, -0.2) is 0 Å². The average molecular weight is 339 g/mol. The Morgan fingerprint density at radius 1 is 1.20 bits per heavy atom. The van der Waals surface area contributed by atoms with Gasteiger partial charge < -0.3 is 4.74 Å². The molecule has 0 N–H and O–H groups in total. The fourth-order valence-electron chi connectivity index (χ4n) is 4.53. The Kier molecular flexibility index (Phi) is 4.76. The molecule has 4 nitrogen and oxygen atoms in total. The molecule has 25 heavy (non-hydrogen) atoms. The lowest BCUT2D eigenvalue weighted by Gasteiger charge is -2.58. The van der Waals surface area contributed by atoms with Gasteiger partial charge in [-0.1, -0.05) is 24.3 Å². The van der Waals surface area contributed by atoms with Gasteiger partial charge in [-0.3, -0.25) is 14.8 Å². The zero-order valence-corrected chi connectivity index (χ0v) is 15.4. The Balaban J connectivity index is 1.38. The van der Waals surface area contributed by atoms with Gasteiger partial charge in [0.1, 0.15) is 0 Å². The van der Waals surface area contributed by atoms with Gasteiger partial charge in [0.15, 0.2) is 0 Å². The molecular formula is C21H29N3O. The summed E-state index contributed by atoms with van der Waals surface area (Å²) in [7, 11) is 2.29. The number of benzene rings is 1. The van der Waals surface area contributed by atoms with Crippen LogP contribution < -0.4 is 0 Å². The van der Waals surface area contributed by atoms with Crippen LogP contribution in [0.25, 0.3) is 10.9 Å². The number of aromatic nitrogens is 1. The van der Waals surface area contributed by atoms with E-state index in [4.69, 9.17) is 9.72 Å². The average Bonchev–Trinajstić information content (AvgIpc) is 2.61. The maximum Gasteiger partial charge on any atom is 0.0705 e. The summed E-state index contributed by atoms with van der Waals surface area (Å²) < 4.78 is 5.69. The Morgan fingerprint density at radius 2 is 2.04 bits per heavy atom. The molecule has 0 aliphatic carbocycles. The van der Waals surface area contributed by atoms with Crippen molar-refractivity contribution in [3.05, 3.63) is 42.1 Å². The predicted molar refractivity (Wildman–Crippen MR) is 102 cm³/mol. The van der Waals surface area contributed by atoms with Crippen molar-refractivity contribution in [2.75, 3.05) is 39.9 Å². The number of pyridine rings is 1. The van der Waals surface area contributed by atoms with Crippen LogP contribution in [0.4, 0.5) is 0 Å². The lowest BCUT2D eigenvalue weighted by molar-refractivity contribution is -0.0925. The summed E-state index contributed by atoms with van der Waals surface area (Å²) in [5.41, 5.74) is 2.64. The number of ether oxygens (including phenoxy) is 1. The van der Waals surface area contributed by atoms with E-state index >= 15 is 0 Å². The van der Waals surface area contributed by atoms with Gasteiger partial charge in [-0.05, 0) is 51.4 Å². The highest BCUT2D eigenvalue weighted by Crippen LogP contribution is 2.38. The van der Waals surface area contributed by atoms with Crippen LogP contribution >= 0.6 is 0 Å². The van der Waals surface area contributed by atoms with Crippen LogP contribution in [0.1, 0.15) is 25.5 Å². The fraction of sp³-hybridized carbons (Fsp3) is 0.571. The standard InChI is InChI=1S/C21H29N3O/c1-3-25-14-17-10-11-23(2)21(12-17)15-24(16-21)13-19-9-8-18-6-4-5-7-20(18)22-19/h4-9,17H,3,10-16H2,1-2H3. The minimum Gasteiger partial charge on any atom is -0.381 e. The molecule has 0 saturated carbocycles. The number of likely N-dealkylation sites (tertiary alicyclic amines) is 2.